The lowest BCUT2D eigenvalue weighted by atomic mass is 9.77. The van der Waals surface area contributed by atoms with Crippen molar-refractivity contribution in [1.82, 2.24) is 0 Å². The monoisotopic (exact) mass is 306 g/mol. The summed E-state index contributed by atoms with van der Waals surface area (Å²) in [6, 6.07) is 8.32. The second kappa shape index (κ2) is 9.17. The Kier molecular flexibility index (Phi) is 7.21. The summed E-state index contributed by atoms with van der Waals surface area (Å²) in [4.78, 5) is 0. The van der Waals surface area contributed by atoms with Gasteiger partial charge in [-0.1, -0.05) is 44.7 Å². The number of ether oxygens (including phenoxy) is 1. The Morgan fingerprint density at radius 2 is 1.77 bits per heavy atom. The Morgan fingerprint density at radius 1 is 1.09 bits per heavy atom. The number of benzene rings is 1. The van der Waals surface area contributed by atoms with Gasteiger partial charge in [-0.2, -0.15) is 0 Å². The molecule has 1 unspecified atom stereocenters. The molecule has 124 valence electrons. The molecule has 1 aromatic rings. The number of hydrogen-bond donors (Lipinski definition) is 0. The van der Waals surface area contributed by atoms with Gasteiger partial charge in [-0.3, -0.25) is 0 Å². The largest absolute Gasteiger partial charge is 0.491 e. The van der Waals surface area contributed by atoms with E-state index in [1.807, 2.05) is 12.1 Å². The van der Waals surface area contributed by atoms with Crippen LogP contribution in [0.15, 0.2) is 24.3 Å². The molecule has 1 aliphatic carbocycles. The Labute approximate surface area is 135 Å². The molecule has 0 spiro atoms. The number of rotatable bonds is 8. The van der Waals surface area contributed by atoms with Crippen LogP contribution in [0.25, 0.3) is 0 Å². The SMILES string of the molecule is CCCCCC1CCC(c2ccc(OCC(C)F)cc2)CC1. The van der Waals surface area contributed by atoms with Gasteiger partial charge >= 0.3 is 0 Å². The molecule has 0 amide bonds. The molecule has 0 saturated heterocycles. The van der Waals surface area contributed by atoms with Gasteiger partial charge in [-0.15, -0.1) is 0 Å². The fraction of sp³-hybridized carbons (Fsp3) is 0.700. The third kappa shape index (κ3) is 5.62. The fourth-order valence-electron chi connectivity index (χ4n) is 3.51. The van der Waals surface area contributed by atoms with E-state index in [0.717, 1.165) is 11.7 Å². The molecule has 0 aromatic heterocycles. The summed E-state index contributed by atoms with van der Waals surface area (Å²) in [7, 11) is 0. The number of hydrogen-bond acceptors (Lipinski definition) is 1. The van der Waals surface area contributed by atoms with Crippen molar-refractivity contribution >= 4 is 0 Å². The van der Waals surface area contributed by atoms with E-state index in [0.29, 0.717) is 5.92 Å². The van der Waals surface area contributed by atoms with E-state index in [9.17, 15) is 4.39 Å². The molecular formula is C20H31FO. The molecule has 1 fully saturated rings. The van der Waals surface area contributed by atoms with Crippen LogP contribution in [0.2, 0.25) is 0 Å². The third-order valence-corrected chi connectivity index (χ3v) is 4.89. The van der Waals surface area contributed by atoms with Crippen molar-refractivity contribution in [2.24, 2.45) is 5.92 Å². The van der Waals surface area contributed by atoms with E-state index < -0.39 is 6.17 Å². The van der Waals surface area contributed by atoms with Crippen molar-refractivity contribution in [2.45, 2.75) is 77.3 Å². The highest BCUT2D eigenvalue weighted by Crippen LogP contribution is 2.38. The molecule has 1 nitrogen and oxygen atoms in total. The first kappa shape index (κ1) is 17.3. The van der Waals surface area contributed by atoms with Crippen LogP contribution in [0.1, 0.15) is 76.7 Å². The lowest BCUT2D eigenvalue weighted by Crippen LogP contribution is -2.13. The van der Waals surface area contributed by atoms with Crippen LogP contribution in [0, 0.1) is 5.92 Å². The summed E-state index contributed by atoms with van der Waals surface area (Å²) < 4.78 is 18.2. The molecular weight excluding hydrogens is 275 g/mol. The summed E-state index contributed by atoms with van der Waals surface area (Å²) in [5.74, 6) is 2.44. The number of halogens is 1. The Morgan fingerprint density at radius 3 is 2.36 bits per heavy atom. The van der Waals surface area contributed by atoms with Gasteiger partial charge in [0.05, 0.1) is 0 Å². The third-order valence-electron chi connectivity index (χ3n) is 4.89. The summed E-state index contributed by atoms with van der Waals surface area (Å²) >= 11 is 0. The van der Waals surface area contributed by atoms with Gasteiger partial charge in [-0.05, 0) is 62.1 Å². The summed E-state index contributed by atoms with van der Waals surface area (Å²) in [6.07, 6.45) is 10.0. The molecule has 1 saturated carbocycles. The van der Waals surface area contributed by atoms with Crippen molar-refractivity contribution in [3.63, 3.8) is 0 Å². The maximum Gasteiger partial charge on any atom is 0.131 e. The molecule has 0 aliphatic heterocycles. The molecule has 2 rings (SSSR count). The fourth-order valence-corrected chi connectivity index (χ4v) is 3.51. The van der Waals surface area contributed by atoms with Crippen LogP contribution in [0.5, 0.6) is 5.75 Å². The molecule has 0 bridgehead atoms. The van der Waals surface area contributed by atoms with Crippen LogP contribution in [-0.2, 0) is 0 Å². The van der Waals surface area contributed by atoms with Crippen molar-refractivity contribution < 1.29 is 9.13 Å². The average molecular weight is 306 g/mol. The zero-order valence-corrected chi connectivity index (χ0v) is 14.2. The minimum Gasteiger partial charge on any atom is -0.491 e. The zero-order valence-electron chi connectivity index (χ0n) is 14.2. The molecule has 0 heterocycles. The van der Waals surface area contributed by atoms with Crippen LogP contribution in [0.3, 0.4) is 0 Å². The van der Waals surface area contributed by atoms with Gasteiger partial charge in [0, 0.05) is 0 Å². The topological polar surface area (TPSA) is 9.23 Å². The van der Waals surface area contributed by atoms with Gasteiger partial charge in [0.25, 0.3) is 0 Å². The lowest BCUT2D eigenvalue weighted by Gasteiger charge is -2.29. The second-order valence-electron chi connectivity index (χ2n) is 6.87. The Balaban J connectivity index is 1.76. The molecule has 1 aromatic carbocycles. The minimum absolute atomic E-state index is 0.141. The molecule has 0 radical (unpaired) electrons. The van der Waals surface area contributed by atoms with E-state index in [1.165, 1.54) is 63.9 Å². The highest BCUT2D eigenvalue weighted by atomic mass is 19.1. The van der Waals surface area contributed by atoms with Crippen LogP contribution >= 0.6 is 0 Å². The molecule has 1 aliphatic rings. The smallest absolute Gasteiger partial charge is 0.131 e. The van der Waals surface area contributed by atoms with Gasteiger partial charge in [0.2, 0.25) is 0 Å². The molecule has 0 N–H and O–H groups in total. The first-order chi connectivity index (χ1) is 10.7. The van der Waals surface area contributed by atoms with E-state index in [1.54, 1.807) is 0 Å². The predicted octanol–water partition coefficient (Wildman–Crippen LogP) is 6.28. The first-order valence-corrected chi connectivity index (χ1v) is 9.06. The van der Waals surface area contributed by atoms with Crippen molar-refractivity contribution in [3.8, 4) is 5.75 Å². The van der Waals surface area contributed by atoms with Crippen molar-refractivity contribution in [3.05, 3.63) is 29.8 Å². The predicted molar refractivity (Wildman–Crippen MR) is 91.3 cm³/mol. The van der Waals surface area contributed by atoms with Crippen molar-refractivity contribution in [1.29, 1.82) is 0 Å². The summed E-state index contributed by atoms with van der Waals surface area (Å²) in [5, 5.41) is 0. The van der Waals surface area contributed by atoms with Gasteiger partial charge in [0.15, 0.2) is 0 Å². The van der Waals surface area contributed by atoms with E-state index >= 15 is 0 Å². The minimum atomic E-state index is -0.914. The first-order valence-electron chi connectivity index (χ1n) is 9.06. The Bertz CT molecular complexity index is 404. The van der Waals surface area contributed by atoms with E-state index in [2.05, 4.69) is 19.1 Å². The van der Waals surface area contributed by atoms with E-state index in [4.69, 9.17) is 4.74 Å². The van der Waals surface area contributed by atoms with Gasteiger partial charge < -0.3 is 4.74 Å². The summed E-state index contributed by atoms with van der Waals surface area (Å²) in [5.41, 5.74) is 1.42. The quantitative estimate of drug-likeness (QED) is 0.514. The van der Waals surface area contributed by atoms with Gasteiger partial charge in [0.1, 0.15) is 18.5 Å². The molecule has 1 atom stereocenters. The van der Waals surface area contributed by atoms with Crippen LogP contribution in [-0.4, -0.2) is 12.8 Å². The highest BCUT2D eigenvalue weighted by Gasteiger charge is 2.21. The maximum absolute atomic E-state index is 12.8. The lowest BCUT2D eigenvalue weighted by molar-refractivity contribution is 0.209. The normalized spacial score (nSPS) is 23.2. The average Bonchev–Trinajstić information content (AvgIpc) is 2.54. The Hall–Kier alpha value is -1.05. The van der Waals surface area contributed by atoms with Crippen molar-refractivity contribution in [2.75, 3.05) is 6.61 Å². The van der Waals surface area contributed by atoms with Gasteiger partial charge in [-0.25, -0.2) is 4.39 Å². The molecule has 22 heavy (non-hydrogen) atoms. The number of alkyl halides is 1. The van der Waals surface area contributed by atoms with Crippen LogP contribution < -0.4 is 4.74 Å². The zero-order chi connectivity index (χ0) is 15.8. The maximum atomic E-state index is 12.8. The standard InChI is InChI=1S/C20H31FO/c1-3-4-5-6-17-7-9-18(10-8-17)19-11-13-20(14-12-19)22-15-16(2)21/h11-14,16-18H,3-10,15H2,1-2H3. The second-order valence-corrected chi connectivity index (χ2v) is 6.87. The van der Waals surface area contributed by atoms with E-state index in [-0.39, 0.29) is 6.61 Å². The highest BCUT2D eigenvalue weighted by molar-refractivity contribution is 5.29. The molecule has 2 heteroatoms. The van der Waals surface area contributed by atoms with Crippen LogP contribution in [0.4, 0.5) is 4.39 Å². The summed E-state index contributed by atoms with van der Waals surface area (Å²) in [6.45, 7) is 3.94. The number of unbranched alkanes of at least 4 members (excludes halogenated alkanes) is 2.